The number of nitrogen functional groups attached to an aromatic ring is 1. The molecule has 0 fully saturated rings. The van der Waals surface area contributed by atoms with Gasteiger partial charge in [-0.1, -0.05) is 24.3 Å². The smallest absolute Gasteiger partial charge is 0.178 e. The van der Waals surface area contributed by atoms with E-state index < -0.39 is 11.6 Å². The molecule has 1 aromatic carbocycles. The lowest BCUT2D eigenvalue weighted by Crippen LogP contribution is -2.20. The van der Waals surface area contributed by atoms with Crippen LogP contribution in [0.3, 0.4) is 0 Å². The second-order valence-corrected chi connectivity index (χ2v) is 4.39. The fourth-order valence-electron chi connectivity index (χ4n) is 2.26. The zero-order valence-corrected chi connectivity index (χ0v) is 10.0. The second kappa shape index (κ2) is 4.47. The molecule has 0 aliphatic carbocycles. The minimum Gasteiger partial charge on any atom is -0.345 e. The number of nitrogens with two attached hydrogens (primary N) is 1. The number of benzene rings is 1. The van der Waals surface area contributed by atoms with Crippen LogP contribution in [0, 0.1) is 11.6 Å². The molecule has 19 heavy (non-hydrogen) atoms. The van der Waals surface area contributed by atoms with Crippen LogP contribution in [0.15, 0.2) is 30.3 Å². The quantitative estimate of drug-likeness (QED) is 0.643. The van der Waals surface area contributed by atoms with Gasteiger partial charge in [-0.05, 0) is 11.1 Å². The summed E-state index contributed by atoms with van der Waals surface area (Å²) in [7, 11) is 0. The van der Waals surface area contributed by atoms with Crippen molar-refractivity contribution in [2.24, 2.45) is 5.84 Å². The van der Waals surface area contributed by atoms with Gasteiger partial charge in [-0.15, -0.1) is 0 Å². The summed E-state index contributed by atoms with van der Waals surface area (Å²) < 4.78 is 27.1. The highest BCUT2D eigenvalue weighted by Crippen LogP contribution is 2.30. The van der Waals surface area contributed by atoms with E-state index in [-0.39, 0.29) is 11.6 Å². The van der Waals surface area contributed by atoms with E-state index in [1.807, 2.05) is 24.3 Å². The van der Waals surface area contributed by atoms with Crippen LogP contribution < -0.4 is 16.2 Å². The van der Waals surface area contributed by atoms with Gasteiger partial charge in [0.25, 0.3) is 0 Å². The van der Waals surface area contributed by atoms with Crippen LogP contribution in [0.25, 0.3) is 0 Å². The largest absolute Gasteiger partial charge is 0.345 e. The number of nitrogens with one attached hydrogen (secondary N) is 1. The maximum Gasteiger partial charge on any atom is 0.178 e. The van der Waals surface area contributed by atoms with E-state index in [1.165, 1.54) is 0 Å². The summed E-state index contributed by atoms with van der Waals surface area (Å²) in [5.41, 5.74) is 4.37. The Morgan fingerprint density at radius 1 is 1.11 bits per heavy atom. The Kier molecular flexibility index (Phi) is 2.79. The molecule has 0 radical (unpaired) electrons. The van der Waals surface area contributed by atoms with Gasteiger partial charge >= 0.3 is 0 Å². The van der Waals surface area contributed by atoms with Crippen molar-refractivity contribution in [3.8, 4) is 0 Å². The first-order valence-corrected chi connectivity index (χ1v) is 5.83. The van der Waals surface area contributed by atoms with Crippen molar-refractivity contribution in [2.45, 2.75) is 13.1 Å². The Hall–Kier alpha value is -2.21. The topological polar surface area (TPSA) is 54.2 Å². The number of fused-ring (bicyclic) bond motifs is 1. The van der Waals surface area contributed by atoms with Gasteiger partial charge < -0.3 is 10.3 Å². The number of rotatable bonds is 2. The molecule has 0 unspecified atom stereocenters. The fourth-order valence-corrected chi connectivity index (χ4v) is 2.26. The minimum atomic E-state index is -0.805. The first-order valence-electron chi connectivity index (χ1n) is 5.83. The fraction of sp³-hybridized carbons (Fsp3) is 0.154. The van der Waals surface area contributed by atoms with Crippen LogP contribution in [0.1, 0.15) is 11.1 Å². The Morgan fingerprint density at radius 2 is 1.74 bits per heavy atom. The number of hydrogen-bond acceptors (Lipinski definition) is 4. The normalized spacial score (nSPS) is 13.5. The molecule has 0 bridgehead atoms. The van der Waals surface area contributed by atoms with Crippen LogP contribution in [-0.2, 0) is 13.1 Å². The maximum absolute atomic E-state index is 13.8. The highest BCUT2D eigenvalue weighted by Gasteiger charge is 2.23. The van der Waals surface area contributed by atoms with Crippen molar-refractivity contribution in [3.63, 3.8) is 0 Å². The summed E-state index contributed by atoms with van der Waals surface area (Å²) in [4.78, 5) is 5.65. The molecular formula is C13H12F2N4. The Labute approximate surface area is 108 Å². The van der Waals surface area contributed by atoms with E-state index in [0.717, 1.165) is 17.2 Å². The number of hydrazine groups is 1. The number of halogens is 2. The summed E-state index contributed by atoms with van der Waals surface area (Å²) >= 11 is 0. The van der Waals surface area contributed by atoms with Crippen molar-refractivity contribution < 1.29 is 8.78 Å². The third-order valence-electron chi connectivity index (χ3n) is 3.19. The maximum atomic E-state index is 13.8. The Morgan fingerprint density at radius 3 is 2.32 bits per heavy atom. The van der Waals surface area contributed by atoms with Gasteiger partial charge in [-0.2, -0.15) is 0 Å². The summed E-state index contributed by atoms with van der Waals surface area (Å²) in [5, 5.41) is 0. The van der Waals surface area contributed by atoms with E-state index >= 15 is 0 Å². The lowest BCUT2D eigenvalue weighted by atomic mass is 10.1. The molecule has 1 aliphatic heterocycles. The summed E-state index contributed by atoms with van der Waals surface area (Å²) in [5.74, 6) is 3.61. The highest BCUT2D eigenvalue weighted by atomic mass is 19.1. The van der Waals surface area contributed by atoms with Crippen molar-refractivity contribution in [2.75, 3.05) is 10.3 Å². The first-order chi connectivity index (χ1) is 9.19. The molecule has 0 amide bonds. The molecule has 3 rings (SSSR count). The molecule has 98 valence electrons. The average Bonchev–Trinajstić information content (AvgIpc) is 2.82. The third-order valence-corrected chi connectivity index (χ3v) is 3.19. The molecule has 3 N–H and O–H groups in total. The third kappa shape index (κ3) is 2.00. The minimum absolute atomic E-state index is 0.102. The monoisotopic (exact) mass is 262 g/mol. The van der Waals surface area contributed by atoms with Crippen molar-refractivity contribution in [1.82, 2.24) is 4.98 Å². The Balaban J connectivity index is 1.97. The zero-order chi connectivity index (χ0) is 13.4. The van der Waals surface area contributed by atoms with E-state index in [9.17, 15) is 8.78 Å². The SMILES string of the molecule is NNc1nc(N2Cc3ccccc3C2)c(F)cc1F. The number of anilines is 2. The highest BCUT2D eigenvalue weighted by molar-refractivity contribution is 5.52. The summed E-state index contributed by atoms with van der Waals surface area (Å²) in [6.07, 6.45) is 0. The van der Waals surface area contributed by atoms with Gasteiger partial charge in [-0.25, -0.2) is 19.6 Å². The van der Waals surface area contributed by atoms with Crippen molar-refractivity contribution >= 4 is 11.6 Å². The van der Waals surface area contributed by atoms with E-state index in [4.69, 9.17) is 5.84 Å². The van der Waals surface area contributed by atoms with E-state index in [0.29, 0.717) is 13.1 Å². The first kappa shape index (κ1) is 11.9. The lowest BCUT2D eigenvalue weighted by molar-refractivity contribution is 0.570. The van der Waals surface area contributed by atoms with Crippen LogP contribution in [0.2, 0.25) is 0 Å². The molecule has 1 aromatic heterocycles. The van der Waals surface area contributed by atoms with E-state index in [1.54, 1.807) is 4.90 Å². The Bertz CT molecular complexity index is 605. The molecule has 0 spiro atoms. The molecule has 2 heterocycles. The second-order valence-electron chi connectivity index (χ2n) is 4.39. The number of pyridine rings is 1. The molecule has 4 nitrogen and oxygen atoms in total. The van der Waals surface area contributed by atoms with Gasteiger partial charge in [0.1, 0.15) is 0 Å². The predicted molar refractivity (Wildman–Crippen MR) is 68.3 cm³/mol. The van der Waals surface area contributed by atoms with Gasteiger partial charge in [0.05, 0.1) is 0 Å². The van der Waals surface area contributed by atoms with Gasteiger partial charge in [-0.3, -0.25) is 0 Å². The average molecular weight is 262 g/mol. The van der Waals surface area contributed by atoms with Crippen LogP contribution >= 0.6 is 0 Å². The molecule has 0 saturated heterocycles. The predicted octanol–water partition coefficient (Wildman–Crippen LogP) is 2.17. The summed E-state index contributed by atoms with van der Waals surface area (Å²) in [6, 6.07) is 8.63. The number of hydrogen-bond donors (Lipinski definition) is 2. The molecule has 2 aromatic rings. The van der Waals surface area contributed by atoms with Crippen LogP contribution in [0.5, 0.6) is 0 Å². The van der Waals surface area contributed by atoms with Crippen molar-refractivity contribution in [3.05, 3.63) is 53.1 Å². The standard InChI is InChI=1S/C13H12F2N4/c14-10-5-11(15)13(17-12(10)18-16)19-6-8-3-1-2-4-9(8)7-19/h1-5H,6-7,16H2,(H,17,18). The molecule has 6 heteroatoms. The summed E-state index contributed by atoms with van der Waals surface area (Å²) in [6.45, 7) is 1.10. The van der Waals surface area contributed by atoms with Gasteiger partial charge in [0.2, 0.25) is 0 Å². The molecule has 1 aliphatic rings. The van der Waals surface area contributed by atoms with Gasteiger partial charge in [0.15, 0.2) is 23.3 Å². The van der Waals surface area contributed by atoms with E-state index in [2.05, 4.69) is 10.4 Å². The molecule has 0 atom stereocenters. The zero-order valence-electron chi connectivity index (χ0n) is 10.0. The number of aromatic nitrogens is 1. The van der Waals surface area contributed by atoms with Crippen molar-refractivity contribution in [1.29, 1.82) is 0 Å². The van der Waals surface area contributed by atoms with Gasteiger partial charge in [0, 0.05) is 19.2 Å². The lowest BCUT2D eigenvalue weighted by Gasteiger charge is -2.18. The van der Waals surface area contributed by atoms with Crippen LogP contribution in [-0.4, -0.2) is 4.98 Å². The molecular weight excluding hydrogens is 250 g/mol. The molecule has 0 saturated carbocycles. The number of nitrogens with zero attached hydrogens (tertiary/aromatic N) is 2. The van der Waals surface area contributed by atoms with Crippen LogP contribution in [0.4, 0.5) is 20.4 Å².